The Balaban J connectivity index is 1.50. The van der Waals surface area contributed by atoms with Crippen molar-refractivity contribution < 1.29 is 13.2 Å². The summed E-state index contributed by atoms with van der Waals surface area (Å²) in [4.78, 5) is 12.3. The van der Waals surface area contributed by atoms with Crippen molar-refractivity contribution in [3.8, 4) is 0 Å². The number of carbonyl (C=O) groups excluding carboxylic acids is 1. The van der Waals surface area contributed by atoms with E-state index in [1.54, 1.807) is 0 Å². The number of nitrogens with one attached hydrogen (secondary N) is 1. The predicted molar refractivity (Wildman–Crippen MR) is 76.5 cm³/mol. The van der Waals surface area contributed by atoms with Crippen molar-refractivity contribution in [2.24, 2.45) is 17.8 Å². The highest BCUT2D eigenvalue weighted by molar-refractivity contribution is 7.88. The predicted octanol–water partition coefficient (Wildman–Crippen LogP) is 0.963. The van der Waals surface area contributed by atoms with Gasteiger partial charge in [-0.3, -0.25) is 4.79 Å². The van der Waals surface area contributed by atoms with Crippen molar-refractivity contribution in [3.05, 3.63) is 0 Å². The first kappa shape index (κ1) is 14.3. The molecule has 0 aromatic carbocycles. The third-order valence-electron chi connectivity index (χ3n) is 5.36. The van der Waals surface area contributed by atoms with Crippen LogP contribution in [0.3, 0.4) is 0 Å². The number of nitrogens with zero attached hydrogens (tertiary/aromatic N) is 1. The van der Waals surface area contributed by atoms with E-state index in [-0.39, 0.29) is 11.8 Å². The maximum atomic E-state index is 12.3. The van der Waals surface area contributed by atoms with Crippen LogP contribution in [0.5, 0.6) is 0 Å². The van der Waals surface area contributed by atoms with Crippen LogP contribution >= 0.6 is 0 Å². The second-order valence-corrected chi connectivity index (χ2v) is 8.71. The van der Waals surface area contributed by atoms with Crippen molar-refractivity contribution >= 4 is 15.9 Å². The molecule has 0 aromatic rings. The number of piperidine rings is 1. The van der Waals surface area contributed by atoms with E-state index in [0.717, 1.165) is 12.3 Å². The van der Waals surface area contributed by atoms with Gasteiger partial charge in [0, 0.05) is 25.0 Å². The Hall–Kier alpha value is -0.620. The van der Waals surface area contributed by atoms with Crippen LogP contribution in [-0.4, -0.2) is 44.0 Å². The molecule has 0 spiro atoms. The van der Waals surface area contributed by atoms with Gasteiger partial charge in [0.15, 0.2) is 0 Å². The summed E-state index contributed by atoms with van der Waals surface area (Å²) in [5, 5.41) is 3.23. The molecule has 3 fully saturated rings. The van der Waals surface area contributed by atoms with E-state index in [1.165, 1.54) is 29.8 Å². The molecule has 6 heteroatoms. The maximum Gasteiger partial charge on any atom is 0.223 e. The van der Waals surface area contributed by atoms with Gasteiger partial charge in [-0.25, -0.2) is 12.7 Å². The Kier molecular flexibility index (Phi) is 3.79. The molecule has 1 amide bonds. The monoisotopic (exact) mass is 300 g/mol. The van der Waals surface area contributed by atoms with Gasteiger partial charge in [-0.2, -0.15) is 0 Å². The Morgan fingerprint density at radius 2 is 1.80 bits per heavy atom. The lowest BCUT2D eigenvalue weighted by Gasteiger charge is -2.31. The quantitative estimate of drug-likeness (QED) is 0.844. The summed E-state index contributed by atoms with van der Waals surface area (Å²) in [7, 11) is -3.10. The van der Waals surface area contributed by atoms with Gasteiger partial charge >= 0.3 is 0 Å². The highest BCUT2D eigenvalue weighted by Gasteiger charge is 2.41. The van der Waals surface area contributed by atoms with Crippen molar-refractivity contribution in [2.75, 3.05) is 19.3 Å². The van der Waals surface area contributed by atoms with Crippen LogP contribution in [0.25, 0.3) is 0 Å². The summed E-state index contributed by atoms with van der Waals surface area (Å²) in [6, 6.07) is 0.384. The average Bonchev–Trinajstić information content (AvgIpc) is 3.00. The van der Waals surface area contributed by atoms with E-state index in [1.807, 2.05) is 0 Å². The second kappa shape index (κ2) is 5.30. The number of rotatable bonds is 3. The molecule has 2 saturated carbocycles. The first-order chi connectivity index (χ1) is 9.43. The highest BCUT2D eigenvalue weighted by atomic mass is 32.2. The summed E-state index contributed by atoms with van der Waals surface area (Å²) in [5.41, 5.74) is 0. The van der Waals surface area contributed by atoms with Gasteiger partial charge in [0.1, 0.15) is 0 Å². The molecule has 1 saturated heterocycles. The SMILES string of the molecule is CS(=O)(=O)N1CCC(C(=O)N[C@@H]2C[C@@H]3CC[C@@H]2C3)CC1. The van der Waals surface area contributed by atoms with Crippen LogP contribution in [0.2, 0.25) is 0 Å². The summed E-state index contributed by atoms with van der Waals surface area (Å²) in [5.74, 6) is 1.67. The van der Waals surface area contributed by atoms with Crippen molar-refractivity contribution in [1.29, 1.82) is 0 Å². The lowest BCUT2D eigenvalue weighted by atomic mass is 9.93. The minimum atomic E-state index is -3.10. The van der Waals surface area contributed by atoms with E-state index in [2.05, 4.69) is 5.32 Å². The minimum absolute atomic E-state index is 0.00729. The Labute approximate surface area is 121 Å². The molecule has 0 aromatic heterocycles. The Bertz CT molecular complexity index is 483. The summed E-state index contributed by atoms with van der Waals surface area (Å²) >= 11 is 0. The van der Waals surface area contributed by atoms with Crippen LogP contribution in [0, 0.1) is 17.8 Å². The molecule has 0 unspecified atom stereocenters. The fourth-order valence-corrected chi connectivity index (χ4v) is 5.05. The fraction of sp³-hybridized carbons (Fsp3) is 0.929. The molecule has 0 radical (unpaired) electrons. The van der Waals surface area contributed by atoms with Crippen molar-refractivity contribution in [3.63, 3.8) is 0 Å². The van der Waals surface area contributed by atoms with Gasteiger partial charge in [-0.15, -0.1) is 0 Å². The average molecular weight is 300 g/mol. The topological polar surface area (TPSA) is 66.5 Å². The van der Waals surface area contributed by atoms with Gasteiger partial charge < -0.3 is 5.32 Å². The molecule has 2 bridgehead atoms. The van der Waals surface area contributed by atoms with Gasteiger partial charge in [0.25, 0.3) is 0 Å². The third kappa shape index (κ3) is 2.86. The van der Waals surface area contributed by atoms with Gasteiger partial charge in [0.2, 0.25) is 15.9 Å². The van der Waals surface area contributed by atoms with E-state index in [4.69, 9.17) is 0 Å². The fourth-order valence-electron chi connectivity index (χ4n) is 4.17. The zero-order valence-corrected chi connectivity index (χ0v) is 12.9. The molecule has 2 aliphatic carbocycles. The molecule has 5 nitrogen and oxygen atoms in total. The largest absolute Gasteiger partial charge is 0.353 e. The molecular formula is C14H24N2O3S. The van der Waals surface area contributed by atoms with E-state index < -0.39 is 10.0 Å². The number of hydrogen-bond acceptors (Lipinski definition) is 3. The van der Waals surface area contributed by atoms with Gasteiger partial charge in [-0.1, -0.05) is 6.42 Å². The van der Waals surface area contributed by atoms with E-state index in [0.29, 0.717) is 37.9 Å². The van der Waals surface area contributed by atoms with Gasteiger partial charge in [0.05, 0.1) is 6.26 Å². The summed E-state index contributed by atoms with van der Waals surface area (Å²) in [6.07, 6.45) is 7.59. The molecule has 1 aliphatic heterocycles. The number of carbonyl (C=O) groups is 1. The molecular weight excluding hydrogens is 276 g/mol. The van der Waals surface area contributed by atoms with Crippen molar-refractivity contribution in [2.45, 2.75) is 44.6 Å². The standard InChI is InChI=1S/C14H24N2O3S/c1-20(18,19)16-6-4-11(5-7-16)14(17)15-13-9-10-2-3-12(13)8-10/h10-13H,2-9H2,1H3,(H,15,17)/t10-,12-,13-/m1/s1. The maximum absolute atomic E-state index is 12.3. The van der Waals surface area contributed by atoms with E-state index in [9.17, 15) is 13.2 Å². The zero-order valence-electron chi connectivity index (χ0n) is 12.0. The van der Waals surface area contributed by atoms with Crippen LogP contribution in [0.15, 0.2) is 0 Å². The van der Waals surface area contributed by atoms with Crippen LogP contribution in [0.1, 0.15) is 38.5 Å². The number of fused-ring (bicyclic) bond motifs is 2. The third-order valence-corrected chi connectivity index (χ3v) is 6.66. The van der Waals surface area contributed by atoms with Crippen LogP contribution in [0.4, 0.5) is 0 Å². The second-order valence-electron chi connectivity index (χ2n) is 6.73. The normalized spacial score (nSPS) is 35.4. The zero-order chi connectivity index (χ0) is 14.3. The van der Waals surface area contributed by atoms with Gasteiger partial charge in [-0.05, 0) is 43.9 Å². The van der Waals surface area contributed by atoms with Crippen LogP contribution < -0.4 is 5.32 Å². The Morgan fingerprint density at radius 3 is 2.30 bits per heavy atom. The number of sulfonamides is 1. The minimum Gasteiger partial charge on any atom is -0.353 e. The van der Waals surface area contributed by atoms with E-state index >= 15 is 0 Å². The first-order valence-corrected chi connectivity index (χ1v) is 9.54. The molecule has 114 valence electrons. The Morgan fingerprint density at radius 1 is 1.10 bits per heavy atom. The summed E-state index contributed by atoms with van der Waals surface area (Å²) in [6.45, 7) is 0.960. The molecule has 20 heavy (non-hydrogen) atoms. The van der Waals surface area contributed by atoms with Crippen LogP contribution in [-0.2, 0) is 14.8 Å². The molecule has 3 atom stereocenters. The first-order valence-electron chi connectivity index (χ1n) is 7.69. The number of amides is 1. The highest BCUT2D eigenvalue weighted by Crippen LogP contribution is 2.44. The molecule has 1 heterocycles. The molecule has 3 aliphatic rings. The molecule has 3 rings (SSSR count). The smallest absolute Gasteiger partial charge is 0.223 e. The lowest BCUT2D eigenvalue weighted by Crippen LogP contribution is -2.46. The lowest BCUT2D eigenvalue weighted by molar-refractivity contribution is -0.127. The number of hydrogen-bond donors (Lipinski definition) is 1. The summed E-state index contributed by atoms with van der Waals surface area (Å²) < 4.78 is 24.4. The van der Waals surface area contributed by atoms with Crippen molar-refractivity contribution in [1.82, 2.24) is 9.62 Å². The molecule has 1 N–H and O–H groups in total.